The lowest BCUT2D eigenvalue weighted by Crippen LogP contribution is -2.58. The fraction of sp³-hybridized carbons (Fsp3) is 0.250. The molecule has 3 heteroatoms. The van der Waals surface area contributed by atoms with Crippen molar-refractivity contribution in [3.8, 4) is 22.4 Å². The molecule has 1 aliphatic rings. The van der Waals surface area contributed by atoms with E-state index >= 15 is 0 Å². The third-order valence-electron chi connectivity index (χ3n) is 11.9. The van der Waals surface area contributed by atoms with Crippen molar-refractivity contribution in [2.24, 2.45) is 0 Å². The van der Waals surface area contributed by atoms with Crippen LogP contribution >= 0.6 is 0 Å². The highest BCUT2D eigenvalue weighted by Gasteiger charge is 2.55. The number of hydrogen-bond donors (Lipinski definition) is 0. The Morgan fingerprint density at radius 3 is 2.29 bits per heavy atom. The highest BCUT2D eigenvalue weighted by atomic mass is 16.3. The Morgan fingerprint density at radius 1 is 0.686 bits per heavy atom. The third-order valence-corrected chi connectivity index (χ3v) is 11.9. The zero-order chi connectivity index (χ0) is 34.7. The van der Waals surface area contributed by atoms with Crippen molar-refractivity contribution < 1.29 is 13.4 Å². The van der Waals surface area contributed by atoms with Crippen LogP contribution in [0.4, 0.5) is 0 Å². The summed E-state index contributed by atoms with van der Waals surface area (Å²) in [7, 11) is 0. The van der Waals surface area contributed by atoms with Crippen LogP contribution in [0.2, 0.25) is 0 Å². The molecule has 1 aliphatic heterocycles. The van der Waals surface area contributed by atoms with Gasteiger partial charge in [0.1, 0.15) is 11.2 Å². The van der Waals surface area contributed by atoms with E-state index in [4.69, 9.17) is 4.42 Å². The molecule has 0 amide bonds. The highest BCUT2D eigenvalue weighted by Crippen LogP contribution is 2.50. The number of benzene rings is 4. The quantitative estimate of drug-likeness (QED) is 0.0898. The lowest BCUT2D eigenvalue weighted by molar-refractivity contribution is -0.732. The molecule has 252 valence electrons. The van der Waals surface area contributed by atoms with Crippen LogP contribution in [0.1, 0.15) is 81.3 Å². The summed E-state index contributed by atoms with van der Waals surface area (Å²) in [6, 6.07) is 43.0. The standard InChI is InChI=1S/C48H46N2O/c1-5-8-10-19-34-27-43-37-21-13-15-22-41(37)48(6-2,7-3)47(50(43)31-40(34)33-17-11-9-12-18-33)44-28-35-29-46-39(36-20-14-16-23-45(36)51-46)30-38(35)42-26-32(4)24-25-49(42)44/h9,11-18,20-31,47H,5-8,10,19H2,1-4H3/q+2. The Bertz CT molecular complexity index is 2590. The summed E-state index contributed by atoms with van der Waals surface area (Å²) in [5, 5.41) is 4.79. The number of aryl methyl sites for hydroxylation is 2. The molecule has 4 aromatic heterocycles. The van der Waals surface area contributed by atoms with Gasteiger partial charge in [0.05, 0.1) is 16.4 Å². The van der Waals surface area contributed by atoms with Crippen molar-refractivity contribution >= 4 is 38.2 Å². The van der Waals surface area contributed by atoms with Crippen LogP contribution < -0.4 is 8.97 Å². The van der Waals surface area contributed by atoms with Crippen molar-refractivity contribution in [1.82, 2.24) is 0 Å². The maximum absolute atomic E-state index is 6.47. The average Bonchev–Trinajstić information content (AvgIpc) is 3.54. The maximum Gasteiger partial charge on any atom is 0.258 e. The Kier molecular flexibility index (Phi) is 7.76. The number of unbranched alkanes of at least 4 members (excludes halogenated alkanes) is 2. The van der Waals surface area contributed by atoms with Crippen LogP contribution in [0.5, 0.6) is 0 Å². The van der Waals surface area contributed by atoms with Crippen molar-refractivity contribution in [3.63, 3.8) is 0 Å². The number of hydrogen-bond acceptors (Lipinski definition) is 1. The number of furan rings is 1. The summed E-state index contributed by atoms with van der Waals surface area (Å²) >= 11 is 0. The molecule has 3 nitrogen and oxygen atoms in total. The molecule has 9 rings (SSSR count). The lowest BCUT2D eigenvalue weighted by atomic mass is 9.64. The zero-order valence-corrected chi connectivity index (χ0v) is 30.2. The molecular weight excluding hydrogens is 621 g/mol. The normalized spacial score (nSPS) is 15.1. The van der Waals surface area contributed by atoms with Crippen LogP contribution in [-0.4, -0.2) is 0 Å². The maximum atomic E-state index is 6.47. The number of pyridine rings is 3. The first-order valence-electron chi connectivity index (χ1n) is 19.0. The molecule has 0 radical (unpaired) electrons. The minimum Gasteiger partial charge on any atom is -0.456 e. The lowest BCUT2D eigenvalue weighted by Gasteiger charge is -2.40. The second-order valence-electron chi connectivity index (χ2n) is 14.7. The van der Waals surface area contributed by atoms with E-state index in [1.54, 1.807) is 0 Å². The first-order valence-corrected chi connectivity index (χ1v) is 19.0. The Morgan fingerprint density at radius 2 is 1.47 bits per heavy atom. The van der Waals surface area contributed by atoms with Gasteiger partial charge in [0, 0.05) is 40.6 Å². The van der Waals surface area contributed by atoms with Crippen LogP contribution in [0.25, 0.3) is 60.6 Å². The van der Waals surface area contributed by atoms with Gasteiger partial charge in [-0.05, 0) is 84.5 Å². The van der Waals surface area contributed by atoms with Crippen molar-refractivity contribution in [2.45, 2.75) is 77.7 Å². The van der Waals surface area contributed by atoms with E-state index in [0.29, 0.717) is 0 Å². The summed E-state index contributed by atoms with van der Waals surface area (Å²) in [6.07, 6.45) is 11.6. The number of nitrogens with zero attached hydrogens (tertiary/aromatic N) is 2. The number of fused-ring (bicyclic) bond motifs is 9. The van der Waals surface area contributed by atoms with E-state index in [1.807, 2.05) is 0 Å². The van der Waals surface area contributed by atoms with E-state index < -0.39 is 0 Å². The van der Waals surface area contributed by atoms with E-state index in [9.17, 15) is 0 Å². The largest absolute Gasteiger partial charge is 0.456 e. The summed E-state index contributed by atoms with van der Waals surface area (Å²) in [4.78, 5) is 0. The van der Waals surface area contributed by atoms with Gasteiger partial charge in [0.15, 0.2) is 12.4 Å². The minimum absolute atomic E-state index is 0.0514. The van der Waals surface area contributed by atoms with Gasteiger partial charge < -0.3 is 4.42 Å². The predicted molar refractivity (Wildman–Crippen MR) is 210 cm³/mol. The van der Waals surface area contributed by atoms with Gasteiger partial charge in [-0.3, -0.25) is 0 Å². The van der Waals surface area contributed by atoms with Crippen LogP contribution in [0, 0.1) is 6.92 Å². The third kappa shape index (κ3) is 4.93. The minimum atomic E-state index is -0.131. The molecule has 51 heavy (non-hydrogen) atoms. The molecule has 0 N–H and O–H groups in total. The molecule has 4 aromatic carbocycles. The number of para-hydroxylation sites is 1. The van der Waals surface area contributed by atoms with Gasteiger partial charge in [0.25, 0.3) is 11.7 Å². The predicted octanol–water partition coefficient (Wildman–Crippen LogP) is 11.8. The molecule has 5 heterocycles. The molecule has 8 aromatic rings. The number of rotatable bonds is 8. The van der Waals surface area contributed by atoms with Gasteiger partial charge in [-0.15, -0.1) is 0 Å². The average molecular weight is 667 g/mol. The van der Waals surface area contributed by atoms with Gasteiger partial charge in [-0.2, -0.15) is 8.97 Å². The first-order chi connectivity index (χ1) is 25.0. The van der Waals surface area contributed by atoms with Crippen LogP contribution in [-0.2, 0) is 11.8 Å². The highest BCUT2D eigenvalue weighted by molar-refractivity contribution is 6.12. The Balaban J connectivity index is 1.39. The zero-order valence-electron chi connectivity index (χ0n) is 30.2. The van der Waals surface area contributed by atoms with E-state index in [2.05, 4.69) is 164 Å². The summed E-state index contributed by atoms with van der Waals surface area (Å²) < 4.78 is 11.6. The molecular formula is C48H46N2O+2. The van der Waals surface area contributed by atoms with Crippen molar-refractivity contribution in [2.75, 3.05) is 0 Å². The fourth-order valence-corrected chi connectivity index (χ4v) is 9.29. The molecule has 0 spiro atoms. The van der Waals surface area contributed by atoms with Crippen molar-refractivity contribution in [1.29, 1.82) is 0 Å². The Labute approximate surface area is 300 Å². The van der Waals surface area contributed by atoms with Gasteiger partial charge >= 0.3 is 0 Å². The molecule has 0 saturated heterocycles. The van der Waals surface area contributed by atoms with Crippen molar-refractivity contribution in [3.05, 3.63) is 150 Å². The van der Waals surface area contributed by atoms with Gasteiger partial charge in [-0.1, -0.05) is 100 Å². The van der Waals surface area contributed by atoms with Gasteiger partial charge in [-0.25, -0.2) is 0 Å². The molecule has 0 fully saturated rings. The summed E-state index contributed by atoms with van der Waals surface area (Å²) in [5.41, 5.74) is 13.7. The smallest absolute Gasteiger partial charge is 0.258 e. The van der Waals surface area contributed by atoms with Gasteiger partial charge in [0.2, 0.25) is 11.2 Å². The summed E-state index contributed by atoms with van der Waals surface area (Å²) in [5.74, 6) is 0. The molecule has 0 saturated carbocycles. The molecule has 1 atom stereocenters. The molecule has 1 unspecified atom stereocenters. The van der Waals surface area contributed by atoms with E-state index in [0.717, 1.165) is 35.8 Å². The van der Waals surface area contributed by atoms with E-state index in [-0.39, 0.29) is 11.5 Å². The molecule has 0 bridgehead atoms. The monoisotopic (exact) mass is 666 g/mol. The van der Waals surface area contributed by atoms with Crippen LogP contribution in [0.15, 0.2) is 132 Å². The van der Waals surface area contributed by atoms with E-state index in [1.165, 1.54) is 85.7 Å². The SMILES string of the molecule is CCCCCc1cc2[n+](cc1-c1ccccc1)C(c1cc3cc4oc5ccccc5c4cc3c3cc(C)cc[n+]13)C(CC)(CC)c1ccccc1-2. The number of aromatic nitrogens is 2. The molecule has 0 aliphatic carbocycles. The topological polar surface area (TPSA) is 21.1 Å². The fourth-order valence-electron chi connectivity index (χ4n) is 9.29. The van der Waals surface area contributed by atoms with Crippen LogP contribution in [0.3, 0.4) is 0 Å². The first kappa shape index (κ1) is 31.7. The second kappa shape index (κ2) is 12.5. The summed E-state index contributed by atoms with van der Waals surface area (Å²) in [6.45, 7) is 9.29. The second-order valence-corrected chi connectivity index (χ2v) is 14.7. The Hall–Kier alpha value is -5.28.